The van der Waals surface area contributed by atoms with E-state index in [1.54, 1.807) is 17.0 Å². The van der Waals surface area contributed by atoms with Crippen LogP contribution in [0.15, 0.2) is 30.3 Å². The van der Waals surface area contributed by atoms with Crippen molar-refractivity contribution in [3.63, 3.8) is 0 Å². The molecular weight excluding hydrogens is 440 g/mol. The summed E-state index contributed by atoms with van der Waals surface area (Å²) >= 11 is 7.08. The van der Waals surface area contributed by atoms with Gasteiger partial charge in [-0.25, -0.2) is 4.79 Å². The standard InChI is InChI=1S/C21H25ClN4O4S/c1-2-13-10-14(4-5-16(13)25-9-3-8-23-20(25)28)26-12-15(30-21(26)29)11-24-19(27)17-6-7-18(22)31-17/h4-7,10,15,20,23,28H,2-3,8-9,11-12H2,1H3,(H,24,27)/t15-,20?/m0/s1. The molecule has 0 radical (unpaired) electrons. The Morgan fingerprint density at radius 1 is 1.39 bits per heavy atom. The molecule has 8 nitrogen and oxygen atoms in total. The molecule has 10 heteroatoms. The van der Waals surface area contributed by atoms with Gasteiger partial charge in [-0.2, -0.15) is 0 Å². The molecule has 1 aromatic heterocycles. The normalized spacial score (nSPS) is 21.3. The number of aryl methyl sites for hydroxylation is 1. The number of nitrogens with one attached hydrogen (secondary N) is 2. The van der Waals surface area contributed by atoms with Crippen molar-refractivity contribution in [1.29, 1.82) is 0 Å². The predicted molar refractivity (Wildman–Crippen MR) is 121 cm³/mol. The average Bonchev–Trinajstić information content (AvgIpc) is 3.37. The minimum Gasteiger partial charge on any atom is -0.442 e. The van der Waals surface area contributed by atoms with Crippen molar-refractivity contribution in [2.45, 2.75) is 32.2 Å². The van der Waals surface area contributed by atoms with Crippen LogP contribution in [0, 0.1) is 0 Å². The lowest BCUT2D eigenvalue weighted by Gasteiger charge is -2.36. The second-order valence-corrected chi connectivity index (χ2v) is 9.19. The maximum absolute atomic E-state index is 12.5. The Balaban J connectivity index is 1.42. The number of anilines is 2. The lowest BCUT2D eigenvalue weighted by molar-refractivity contribution is 0.0920. The van der Waals surface area contributed by atoms with Gasteiger partial charge in [-0.15, -0.1) is 11.3 Å². The van der Waals surface area contributed by atoms with E-state index in [9.17, 15) is 14.7 Å². The van der Waals surface area contributed by atoms with Gasteiger partial charge in [0.25, 0.3) is 5.91 Å². The van der Waals surface area contributed by atoms with E-state index in [-0.39, 0.29) is 12.5 Å². The van der Waals surface area contributed by atoms with Crippen LogP contribution < -0.4 is 20.4 Å². The SMILES string of the molecule is CCc1cc(N2C[C@H](CNC(=O)c3ccc(Cl)s3)OC2=O)ccc1N1CCCNC1O. The van der Waals surface area contributed by atoms with E-state index < -0.39 is 18.5 Å². The maximum atomic E-state index is 12.5. The number of hydrogen-bond donors (Lipinski definition) is 3. The summed E-state index contributed by atoms with van der Waals surface area (Å²) in [7, 11) is 0. The Morgan fingerprint density at radius 2 is 2.23 bits per heavy atom. The Bertz CT molecular complexity index is 969. The van der Waals surface area contributed by atoms with Crippen molar-refractivity contribution >= 4 is 46.3 Å². The third-order valence-corrected chi connectivity index (χ3v) is 6.65. The van der Waals surface area contributed by atoms with Gasteiger partial charge < -0.3 is 20.1 Å². The highest BCUT2D eigenvalue weighted by Gasteiger charge is 2.33. The Hall–Kier alpha value is -2.33. The number of halogens is 1. The number of nitrogens with zero attached hydrogens (tertiary/aromatic N) is 2. The quantitative estimate of drug-likeness (QED) is 0.608. The van der Waals surface area contributed by atoms with Gasteiger partial charge in [-0.3, -0.25) is 15.0 Å². The molecule has 2 saturated heterocycles. The third-order valence-electron chi connectivity index (χ3n) is 5.42. The van der Waals surface area contributed by atoms with Gasteiger partial charge in [0.2, 0.25) is 0 Å². The highest BCUT2D eigenvalue weighted by atomic mass is 35.5. The van der Waals surface area contributed by atoms with Crippen LogP contribution in [0.2, 0.25) is 4.34 Å². The summed E-state index contributed by atoms with van der Waals surface area (Å²) in [6, 6.07) is 9.11. The zero-order valence-corrected chi connectivity index (χ0v) is 18.7. The average molecular weight is 465 g/mol. The zero-order chi connectivity index (χ0) is 22.0. The topological polar surface area (TPSA) is 94.1 Å². The number of aliphatic hydroxyl groups is 1. The smallest absolute Gasteiger partial charge is 0.414 e. The number of benzene rings is 1. The van der Waals surface area contributed by atoms with Crippen LogP contribution >= 0.6 is 22.9 Å². The van der Waals surface area contributed by atoms with E-state index in [0.29, 0.717) is 15.8 Å². The fraction of sp³-hybridized carbons (Fsp3) is 0.429. The number of cyclic esters (lactones) is 1. The molecule has 2 amide bonds. The third kappa shape index (κ3) is 4.79. The molecule has 1 aromatic carbocycles. The van der Waals surface area contributed by atoms with E-state index in [4.69, 9.17) is 16.3 Å². The first-order valence-electron chi connectivity index (χ1n) is 10.3. The van der Waals surface area contributed by atoms with Crippen molar-refractivity contribution in [1.82, 2.24) is 10.6 Å². The van der Waals surface area contributed by atoms with Crippen LogP contribution in [0.25, 0.3) is 0 Å². The number of carbonyl (C=O) groups excluding carboxylic acids is 2. The van der Waals surface area contributed by atoms with E-state index >= 15 is 0 Å². The Morgan fingerprint density at radius 3 is 2.94 bits per heavy atom. The van der Waals surface area contributed by atoms with Gasteiger partial charge in [-0.1, -0.05) is 18.5 Å². The van der Waals surface area contributed by atoms with Crippen molar-refractivity contribution in [2.75, 3.05) is 36.0 Å². The molecule has 166 valence electrons. The fourth-order valence-corrected chi connectivity index (χ4v) is 4.80. The highest BCUT2D eigenvalue weighted by Crippen LogP contribution is 2.30. The first-order valence-corrected chi connectivity index (χ1v) is 11.5. The maximum Gasteiger partial charge on any atom is 0.414 e. The van der Waals surface area contributed by atoms with Crippen LogP contribution in [0.3, 0.4) is 0 Å². The van der Waals surface area contributed by atoms with E-state index in [2.05, 4.69) is 10.6 Å². The summed E-state index contributed by atoms with van der Waals surface area (Å²) in [6.45, 7) is 4.17. The summed E-state index contributed by atoms with van der Waals surface area (Å²) < 4.78 is 5.99. The summed E-state index contributed by atoms with van der Waals surface area (Å²) in [5.74, 6) is -0.238. The number of ether oxygens (including phenoxy) is 1. The van der Waals surface area contributed by atoms with Crippen molar-refractivity contribution in [2.24, 2.45) is 0 Å². The molecular formula is C21H25ClN4O4S. The number of aliphatic hydroxyl groups excluding tert-OH is 1. The van der Waals surface area contributed by atoms with E-state index in [0.717, 1.165) is 42.9 Å². The molecule has 0 spiro atoms. The molecule has 2 aliphatic rings. The molecule has 1 unspecified atom stereocenters. The monoisotopic (exact) mass is 464 g/mol. The summed E-state index contributed by atoms with van der Waals surface area (Å²) in [6.07, 6.45) is 0.120. The molecule has 4 rings (SSSR count). The number of hydrogen-bond acceptors (Lipinski definition) is 7. The Kier molecular flexibility index (Phi) is 6.66. The molecule has 2 fully saturated rings. The van der Waals surface area contributed by atoms with E-state index in [1.165, 1.54) is 11.3 Å². The minimum atomic E-state index is -0.715. The van der Waals surface area contributed by atoms with Crippen LogP contribution in [-0.2, 0) is 11.2 Å². The van der Waals surface area contributed by atoms with Crippen LogP contribution in [0.1, 0.15) is 28.6 Å². The molecule has 0 saturated carbocycles. The molecule has 31 heavy (non-hydrogen) atoms. The van der Waals surface area contributed by atoms with Crippen LogP contribution in [0.5, 0.6) is 0 Å². The predicted octanol–water partition coefficient (Wildman–Crippen LogP) is 2.79. The van der Waals surface area contributed by atoms with Crippen molar-refractivity contribution in [3.8, 4) is 0 Å². The molecule has 0 bridgehead atoms. The lowest BCUT2D eigenvalue weighted by atomic mass is 10.1. The zero-order valence-electron chi connectivity index (χ0n) is 17.1. The molecule has 2 atom stereocenters. The molecule has 0 aliphatic carbocycles. The fourth-order valence-electron chi connectivity index (χ4n) is 3.84. The number of carbonyl (C=O) groups is 2. The van der Waals surface area contributed by atoms with Gasteiger partial charge >= 0.3 is 6.09 Å². The second kappa shape index (κ2) is 9.44. The highest BCUT2D eigenvalue weighted by molar-refractivity contribution is 7.18. The Labute approximate surface area is 189 Å². The van der Waals surface area contributed by atoms with Gasteiger partial charge in [0, 0.05) is 24.5 Å². The van der Waals surface area contributed by atoms with Crippen molar-refractivity contribution in [3.05, 3.63) is 45.1 Å². The van der Waals surface area contributed by atoms with E-state index in [1.807, 2.05) is 30.0 Å². The molecule has 3 N–H and O–H groups in total. The summed E-state index contributed by atoms with van der Waals surface area (Å²) in [4.78, 5) is 28.7. The number of thiophene rings is 1. The van der Waals surface area contributed by atoms with Gasteiger partial charge in [0.1, 0.15) is 6.10 Å². The lowest BCUT2D eigenvalue weighted by Crippen LogP contribution is -2.51. The number of rotatable bonds is 6. The largest absolute Gasteiger partial charge is 0.442 e. The van der Waals surface area contributed by atoms with Gasteiger partial charge in [0.05, 0.1) is 22.3 Å². The first-order chi connectivity index (χ1) is 15.0. The first kappa shape index (κ1) is 21.9. The second-order valence-electron chi connectivity index (χ2n) is 7.47. The van der Waals surface area contributed by atoms with Crippen LogP contribution in [0.4, 0.5) is 16.2 Å². The number of amides is 2. The van der Waals surface area contributed by atoms with Crippen molar-refractivity contribution < 1.29 is 19.4 Å². The molecule has 2 aliphatic heterocycles. The van der Waals surface area contributed by atoms with Gasteiger partial charge in [0.15, 0.2) is 6.35 Å². The van der Waals surface area contributed by atoms with Gasteiger partial charge in [-0.05, 0) is 48.7 Å². The summed E-state index contributed by atoms with van der Waals surface area (Å²) in [5.41, 5.74) is 2.74. The molecule has 3 heterocycles. The van der Waals surface area contributed by atoms with Crippen LogP contribution in [-0.4, -0.2) is 55.7 Å². The minimum absolute atomic E-state index is 0.223. The summed E-state index contributed by atoms with van der Waals surface area (Å²) in [5, 5.41) is 16.1. The molecule has 2 aromatic rings.